The molecular formula is C20H31IN4O. The minimum Gasteiger partial charge on any atom is -0.489 e. The number of rotatable bonds is 7. The zero-order chi connectivity index (χ0) is 17.5. The summed E-state index contributed by atoms with van der Waals surface area (Å²) in [6, 6.07) is 9.47. The fraction of sp³-hybridized carbons (Fsp3) is 0.550. The number of nitrogens with zero attached hydrogens (tertiary/aromatic N) is 2. The minimum absolute atomic E-state index is 0. The van der Waals surface area contributed by atoms with Gasteiger partial charge >= 0.3 is 0 Å². The number of likely N-dealkylation sites (tertiary alicyclic amines) is 1. The van der Waals surface area contributed by atoms with Crippen molar-refractivity contribution in [1.82, 2.24) is 15.5 Å². The topological polar surface area (TPSA) is 48.9 Å². The first-order valence-electron chi connectivity index (χ1n) is 9.33. The van der Waals surface area contributed by atoms with Crippen LogP contribution in [0.15, 0.2) is 41.9 Å². The highest BCUT2D eigenvalue weighted by Crippen LogP contribution is 2.29. The van der Waals surface area contributed by atoms with Crippen LogP contribution in [0.5, 0.6) is 5.75 Å². The van der Waals surface area contributed by atoms with E-state index < -0.39 is 0 Å². The van der Waals surface area contributed by atoms with Gasteiger partial charge < -0.3 is 20.3 Å². The average Bonchev–Trinajstić information content (AvgIpc) is 3.50. The number of piperidine rings is 1. The lowest BCUT2D eigenvalue weighted by Crippen LogP contribution is -2.48. The van der Waals surface area contributed by atoms with Crippen molar-refractivity contribution in [3.05, 3.63) is 42.5 Å². The summed E-state index contributed by atoms with van der Waals surface area (Å²) < 4.78 is 5.72. The molecule has 2 fully saturated rings. The molecule has 1 aromatic carbocycles. The van der Waals surface area contributed by atoms with E-state index in [2.05, 4.69) is 33.2 Å². The Balaban J connectivity index is 0.00000243. The van der Waals surface area contributed by atoms with Gasteiger partial charge in [0, 0.05) is 44.3 Å². The van der Waals surface area contributed by atoms with E-state index in [0.717, 1.165) is 23.3 Å². The van der Waals surface area contributed by atoms with Crippen molar-refractivity contribution in [2.45, 2.75) is 44.3 Å². The van der Waals surface area contributed by atoms with Crippen molar-refractivity contribution in [3.8, 4) is 5.75 Å². The van der Waals surface area contributed by atoms with Crippen molar-refractivity contribution in [2.75, 3.05) is 26.7 Å². The summed E-state index contributed by atoms with van der Waals surface area (Å²) in [5.41, 5.74) is 1.12. The first-order valence-corrected chi connectivity index (χ1v) is 9.33. The van der Waals surface area contributed by atoms with E-state index in [0.29, 0.717) is 19.2 Å². The molecule has 1 saturated carbocycles. The fourth-order valence-corrected chi connectivity index (χ4v) is 3.35. The molecule has 1 aliphatic carbocycles. The number of benzene rings is 1. The second-order valence-electron chi connectivity index (χ2n) is 6.82. The van der Waals surface area contributed by atoms with E-state index in [1.807, 2.05) is 25.2 Å². The van der Waals surface area contributed by atoms with E-state index in [-0.39, 0.29) is 24.0 Å². The Labute approximate surface area is 174 Å². The van der Waals surface area contributed by atoms with Crippen LogP contribution in [0.1, 0.15) is 31.2 Å². The summed E-state index contributed by atoms with van der Waals surface area (Å²) in [4.78, 5) is 7.02. The van der Waals surface area contributed by atoms with E-state index in [1.54, 1.807) is 6.08 Å². The lowest BCUT2D eigenvalue weighted by atomic mass is 10.1. The molecule has 26 heavy (non-hydrogen) atoms. The van der Waals surface area contributed by atoms with Gasteiger partial charge in [-0.05, 0) is 31.7 Å². The molecule has 6 heteroatoms. The molecule has 1 saturated heterocycles. The van der Waals surface area contributed by atoms with E-state index >= 15 is 0 Å². The Morgan fingerprint density at radius 1 is 1.27 bits per heavy atom. The van der Waals surface area contributed by atoms with Crippen molar-refractivity contribution < 1.29 is 4.74 Å². The average molecular weight is 470 g/mol. The maximum atomic E-state index is 5.72. The molecule has 2 aliphatic rings. The summed E-state index contributed by atoms with van der Waals surface area (Å²) in [6.07, 6.45) is 6.94. The van der Waals surface area contributed by atoms with E-state index in [4.69, 9.17) is 4.74 Å². The van der Waals surface area contributed by atoms with Crippen LogP contribution in [0.2, 0.25) is 0 Å². The molecule has 1 aromatic rings. The third-order valence-corrected chi connectivity index (χ3v) is 4.93. The molecule has 0 spiro atoms. The van der Waals surface area contributed by atoms with Crippen molar-refractivity contribution in [2.24, 2.45) is 4.99 Å². The van der Waals surface area contributed by atoms with Gasteiger partial charge in [0.2, 0.25) is 0 Å². The Morgan fingerprint density at radius 3 is 2.65 bits per heavy atom. The summed E-state index contributed by atoms with van der Waals surface area (Å²) in [7, 11) is 1.83. The SMILES string of the molecule is C=CCOc1ccccc1CNC(=NC)NC1CCN(C2CC2)CC1.I. The highest BCUT2D eigenvalue weighted by atomic mass is 127. The van der Waals surface area contributed by atoms with Gasteiger partial charge in [0.15, 0.2) is 5.96 Å². The fourth-order valence-electron chi connectivity index (χ4n) is 3.35. The number of hydrogen-bond acceptors (Lipinski definition) is 3. The van der Waals surface area contributed by atoms with Gasteiger partial charge in [0.25, 0.3) is 0 Å². The summed E-state index contributed by atoms with van der Waals surface area (Å²) >= 11 is 0. The zero-order valence-corrected chi connectivity index (χ0v) is 17.9. The lowest BCUT2D eigenvalue weighted by molar-refractivity contribution is 0.197. The molecule has 3 rings (SSSR count). The predicted molar refractivity (Wildman–Crippen MR) is 119 cm³/mol. The Kier molecular flexibility index (Phi) is 8.71. The maximum Gasteiger partial charge on any atom is 0.191 e. The first kappa shape index (κ1) is 21.0. The molecule has 1 aliphatic heterocycles. The van der Waals surface area contributed by atoms with Crippen LogP contribution in [0.25, 0.3) is 0 Å². The molecule has 0 atom stereocenters. The smallest absolute Gasteiger partial charge is 0.191 e. The molecule has 144 valence electrons. The van der Waals surface area contributed by atoms with Crippen LogP contribution in [-0.4, -0.2) is 49.7 Å². The van der Waals surface area contributed by atoms with E-state index in [1.165, 1.54) is 38.8 Å². The van der Waals surface area contributed by atoms with Gasteiger partial charge in [0.1, 0.15) is 12.4 Å². The number of ether oxygens (including phenoxy) is 1. The number of halogens is 1. The van der Waals surface area contributed by atoms with Crippen LogP contribution < -0.4 is 15.4 Å². The van der Waals surface area contributed by atoms with Gasteiger partial charge in [0.05, 0.1) is 0 Å². The van der Waals surface area contributed by atoms with Crippen LogP contribution in [0.4, 0.5) is 0 Å². The third kappa shape index (κ3) is 6.16. The van der Waals surface area contributed by atoms with Crippen molar-refractivity contribution in [3.63, 3.8) is 0 Å². The highest BCUT2D eigenvalue weighted by molar-refractivity contribution is 14.0. The summed E-state index contributed by atoms with van der Waals surface area (Å²) in [5.74, 6) is 1.76. The monoisotopic (exact) mass is 470 g/mol. The maximum absolute atomic E-state index is 5.72. The Hall–Kier alpha value is -1.28. The van der Waals surface area contributed by atoms with Gasteiger partial charge in [-0.15, -0.1) is 24.0 Å². The quantitative estimate of drug-likeness (QED) is 0.278. The van der Waals surface area contributed by atoms with Crippen LogP contribution in [-0.2, 0) is 6.54 Å². The molecular weight excluding hydrogens is 439 g/mol. The molecule has 5 nitrogen and oxygen atoms in total. The van der Waals surface area contributed by atoms with Gasteiger partial charge in [-0.3, -0.25) is 4.99 Å². The van der Waals surface area contributed by atoms with Crippen molar-refractivity contribution >= 4 is 29.9 Å². The Morgan fingerprint density at radius 2 is 2.00 bits per heavy atom. The molecule has 0 unspecified atom stereocenters. The van der Waals surface area contributed by atoms with Crippen LogP contribution >= 0.6 is 24.0 Å². The molecule has 0 bridgehead atoms. The van der Waals surface area contributed by atoms with Crippen molar-refractivity contribution in [1.29, 1.82) is 0 Å². The molecule has 0 radical (unpaired) electrons. The normalized spacial score (nSPS) is 18.7. The number of nitrogens with one attached hydrogen (secondary N) is 2. The molecule has 1 heterocycles. The summed E-state index contributed by atoms with van der Waals surface area (Å²) in [5, 5.41) is 6.99. The lowest BCUT2D eigenvalue weighted by Gasteiger charge is -2.33. The van der Waals surface area contributed by atoms with Crippen LogP contribution in [0.3, 0.4) is 0 Å². The highest BCUT2D eigenvalue weighted by Gasteiger charge is 2.31. The number of hydrogen-bond donors (Lipinski definition) is 2. The van der Waals surface area contributed by atoms with Gasteiger partial charge in [-0.25, -0.2) is 0 Å². The second kappa shape index (κ2) is 10.8. The standard InChI is InChI=1S/C20H30N4O.HI/c1-3-14-25-19-7-5-4-6-16(19)15-22-20(21-2)23-17-10-12-24(13-11-17)18-8-9-18;/h3-7,17-18H,1,8-15H2,2H3,(H2,21,22,23);1H. The zero-order valence-electron chi connectivity index (χ0n) is 15.6. The molecule has 2 N–H and O–H groups in total. The minimum atomic E-state index is 0. The van der Waals surface area contributed by atoms with Crippen LogP contribution in [0, 0.1) is 0 Å². The second-order valence-corrected chi connectivity index (χ2v) is 6.82. The number of guanidine groups is 1. The predicted octanol–water partition coefficient (Wildman–Crippen LogP) is 3.16. The third-order valence-electron chi connectivity index (χ3n) is 4.93. The largest absolute Gasteiger partial charge is 0.489 e. The van der Waals surface area contributed by atoms with E-state index in [9.17, 15) is 0 Å². The van der Waals surface area contributed by atoms with Gasteiger partial charge in [-0.1, -0.05) is 30.9 Å². The van der Waals surface area contributed by atoms with Gasteiger partial charge in [-0.2, -0.15) is 0 Å². The summed E-state index contributed by atoms with van der Waals surface area (Å²) in [6.45, 7) is 7.32. The Bertz CT molecular complexity index is 595. The number of aliphatic imine (C=N–C) groups is 1. The molecule has 0 aromatic heterocycles. The first-order chi connectivity index (χ1) is 12.3. The molecule has 0 amide bonds. The number of para-hydroxylation sites is 1.